The van der Waals surface area contributed by atoms with Gasteiger partial charge in [-0.25, -0.2) is 0 Å². The Balaban J connectivity index is 2.44. The SMILES string of the molecule is COc1ccc2c(c1)C(C)(O)C2. The maximum absolute atomic E-state index is 9.73. The molecule has 0 spiro atoms. The summed E-state index contributed by atoms with van der Waals surface area (Å²) < 4.78 is 5.07. The molecule has 1 N–H and O–H groups in total. The van der Waals surface area contributed by atoms with Gasteiger partial charge in [0, 0.05) is 6.42 Å². The van der Waals surface area contributed by atoms with Crippen LogP contribution in [0.15, 0.2) is 18.2 Å². The lowest BCUT2D eigenvalue weighted by atomic mass is 9.75. The molecule has 0 fully saturated rings. The minimum atomic E-state index is -0.635. The fraction of sp³-hybridized carbons (Fsp3) is 0.400. The maximum atomic E-state index is 9.73. The molecular weight excluding hydrogens is 152 g/mol. The number of aliphatic hydroxyl groups is 1. The van der Waals surface area contributed by atoms with Crippen LogP contribution in [-0.2, 0) is 12.0 Å². The zero-order valence-electron chi connectivity index (χ0n) is 7.29. The first-order valence-corrected chi connectivity index (χ1v) is 4.03. The van der Waals surface area contributed by atoms with E-state index >= 15 is 0 Å². The van der Waals surface area contributed by atoms with Crippen LogP contribution in [0.3, 0.4) is 0 Å². The number of hydrogen-bond acceptors (Lipinski definition) is 2. The first-order valence-electron chi connectivity index (χ1n) is 4.03. The summed E-state index contributed by atoms with van der Waals surface area (Å²) in [5.74, 6) is 0.814. The standard InChI is InChI=1S/C10H12O2/c1-10(11)6-7-3-4-8(12-2)5-9(7)10/h3-5,11H,6H2,1-2H3. The molecule has 1 aliphatic carbocycles. The van der Waals surface area contributed by atoms with Crippen molar-refractivity contribution < 1.29 is 9.84 Å². The van der Waals surface area contributed by atoms with E-state index in [0.29, 0.717) is 0 Å². The maximum Gasteiger partial charge on any atom is 0.119 e. The van der Waals surface area contributed by atoms with E-state index in [4.69, 9.17) is 4.74 Å². The Kier molecular flexibility index (Phi) is 1.42. The first-order chi connectivity index (χ1) is 5.63. The third-order valence-electron chi connectivity index (χ3n) is 2.43. The largest absolute Gasteiger partial charge is 0.497 e. The molecule has 0 radical (unpaired) electrons. The zero-order valence-corrected chi connectivity index (χ0v) is 7.29. The summed E-state index contributed by atoms with van der Waals surface area (Å²) in [6, 6.07) is 5.83. The van der Waals surface area contributed by atoms with Crippen molar-refractivity contribution in [3.05, 3.63) is 29.3 Å². The Hall–Kier alpha value is -1.02. The van der Waals surface area contributed by atoms with Crippen molar-refractivity contribution in [1.29, 1.82) is 0 Å². The Morgan fingerprint density at radius 1 is 1.50 bits per heavy atom. The van der Waals surface area contributed by atoms with E-state index in [9.17, 15) is 5.11 Å². The molecule has 0 saturated carbocycles. The molecular formula is C10H12O2. The van der Waals surface area contributed by atoms with Crippen LogP contribution in [0.5, 0.6) is 5.75 Å². The monoisotopic (exact) mass is 164 g/mol. The number of ether oxygens (including phenoxy) is 1. The normalized spacial score (nSPS) is 25.9. The van der Waals surface area contributed by atoms with E-state index in [2.05, 4.69) is 0 Å². The van der Waals surface area contributed by atoms with Gasteiger partial charge in [-0.3, -0.25) is 0 Å². The van der Waals surface area contributed by atoms with Gasteiger partial charge in [0.05, 0.1) is 12.7 Å². The van der Waals surface area contributed by atoms with E-state index in [1.54, 1.807) is 7.11 Å². The second-order valence-corrected chi connectivity index (χ2v) is 3.47. The molecule has 2 heteroatoms. The summed E-state index contributed by atoms with van der Waals surface area (Å²) in [4.78, 5) is 0. The van der Waals surface area contributed by atoms with Gasteiger partial charge in [0.25, 0.3) is 0 Å². The molecule has 2 rings (SSSR count). The van der Waals surface area contributed by atoms with Crippen molar-refractivity contribution in [2.45, 2.75) is 18.9 Å². The summed E-state index contributed by atoms with van der Waals surface area (Å²) in [6.45, 7) is 1.83. The van der Waals surface area contributed by atoms with E-state index in [0.717, 1.165) is 17.7 Å². The van der Waals surface area contributed by atoms with Gasteiger partial charge in [0.2, 0.25) is 0 Å². The fourth-order valence-electron chi connectivity index (χ4n) is 1.70. The van der Waals surface area contributed by atoms with Crippen LogP contribution in [0.4, 0.5) is 0 Å². The molecule has 1 atom stereocenters. The van der Waals surface area contributed by atoms with Crippen LogP contribution in [0.25, 0.3) is 0 Å². The highest BCUT2D eigenvalue weighted by Crippen LogP contribution is 2.40. The molecule has 1 aliphatic rings. The smallest absolute Gasteiger partial charge is 0.119 e. The Labute approximate surface area is 71.8 Å². The summed E-state index contributed by atoms with van der Waals surface area (Å²) in [6.07, 6.45) is 0.756. The van der Waals surface area contributed by atoms with Gasteiger partial charge >= 0.3 is 0 Å². The number of rotatable bonds is 1. The minimum Gasteiger partial charge on any atom is -0.497 e. The summed E-state index contributed by atoms with van der Waals surface area (Å²) in [5.41, 5.74) is 1.59. The fourth-order valence-corrected chi connectivity index (χ4v) is 1.70. The van der Waals surface area contributed by atoms with Crippen molar-refractivity contribution in [1.82, 2.24) is 0 Å². The molecule has 0 bridgehead atoms. The van der Waals surface area contributed by atoms with Gasteiger partial charge < -0.3 is 9.84 Å². The third kappa shape index (κ3) is 0.916. The van der Waals surface area contributed by atoms with E-state index in [-0.39, 0.29) is 0 Å². The third-order valence-corrected chi connectivity index (χ3v) is 2.43. The molecule has 2 nitrogen and oxygen atoms in total. The Bertz CT molecular complexity index is 316. The van der Waals surface area contributed by atoms with Gasteiger partial charge in [-0.2, -0.15) is 0 Å². The lowest BCUT2D eigenvalue weighted by Crippen LogP contribution is -2.35. The molecule has 64 valence electrons. The van der Waals surface area contributed by atoms with Gasteiger partial charge in [0.1, 0.15) is 5.75 Å². The lowest BCUT2D eigenvalue weighted by Gasteiger charge is -2.36. The Morgan fingerprint density at radius 2 is 2.25 bits per heavy atom. The second-order valence-electron chi connectivity index (χ2n) is 3.47. The second kappa shape index (κ2) is 2.23. The van der Waals surface area contributed by atoms with Crippen LogP contribution in [0.2, 0.25) is 0 Å². The van der Waals surface area contributed by atoms with Crippen molar-refractivity contribution >= 4 is 0 Å². The van der Waals surface area contributed by atoms with Crippen molar-refractivity contribution in [2.75, 3.05) is 7.11 Å². The molecule has 0 heterocycles. The van der Waals surface area contributed by atoms with Gasteiger partial charge in [-0.05, 0) is 30.2 Å². The average molecular weight is 164 g/mol. The van der Waals surface area contributed by atoms with Crippen molar-refractivity contribution in [3.8, 4) is 5.75 Å². The van der Waals surface area contributed by atoms with Crippen LogP contribution in [-0.4, -0.2) is 12.2 Å². The van der Waals surface area contributed by atoms with Crippen molar-refractivity contribution in [2.24, 2.45) is 0 Å². The van der Waals surface area contributed by atoms with Crippen LogP contribution >= 0.6 is 0 Å². The molecule has 1 aromatic rings. The van der Waals surface area contributed by atoms with Gasteiger partial charge in [0.15, 0.2) is 0 Å². The highest BCUT2D eigenvalue weighted by Gasteiger charge is 2.36. The quantitative estimate of drug-likeness (QED) is 0.681. The number of hydrogen-bond donors (Lipinski definition) is 1. The molecule has 0 amide bonds. The first kappa shape index (κ1) is 7.62. The number of benzene rings is 1. The van der Waals surface area contributed by atoms with Crippen molar-refractivity contribution in [3.63, 3.8) is 0 Å². The predicted molar refractivity (Wildman–Crippen MR) is 46.3 cm³/mol. The van der Waals surface area contributed by atoms with E-state index < -0.39 is 5.60 Å². The number of fused-ring (bicyclic) bond motifs is 1. The zero-order chi connectivity index (χ0) is 8.77. The summed E-state index contributed by atoms with van der Waals surface area (Å²) in [7, 11) is 1.63. The predicted octanol–water partition coefficient (Wildman–Crippen LogP) is 1.46. The molecule has 0 aliphatic heterocycles. The molecule has 1 aromatic carbocycles. The summed E-state index contributed by atoms with van der Waals surface area (Å²) >= 11 is 0. The molecule has 12 heavy (non-hydrogen) atoms. The van der Waals surface area contributed by atoms with Crippen LogP contribution in [0, 0.1) is 0 Å². The van der Waals surface area contributed by atoms with Crippen LogP contribution < -0.4 is 4.74 Å². The van der Waals surface area contributed by atoms with E-state index in [1.807, 2.05) is 25.1 Å². The van der Waals surface area contributed by atoms with Gasteiger partial charge in [-0.1, -0.05) is 6.07 Å². The Morgan fingerprint density at radius 3 is 2.83 bits per heavy atom. The highest BCUT2D eigenvalue weighted by molar-refractivity contribution is 5.46. The highest BCUT2D eigenvalue weighted by atomic mass is 16.5. The van der Waals surface area contributed by atoms with Crippen LogP contribution in [0.1, 0.15) is 18.1 Å². The van der Waals surface area contributed by atoms with Gasteiger partial charge in [-0.15, -0.1) is 0 Å². The topological polar surface area (TPSA) is 29.5 Å². The minimum absolute atomic E-state index is 0.635. The van der Waals surface area contributed by atoms with E-state index in [1.165, 1.54) is 5.56 Å². The lowest BCUT2D eigenvalue weighted by molar-refractivity contribution is 0.0326. The summed E-state index contributed by atoms with van der Waals surface area (Å²) in [5, 5.41) is 9.73. The average Bonchev–Trinajstić information content (AvgIpc) is 2.03. The molecule has 0 aromatic heterocycles. The molecule has 0 saturated heterocycles. The molecule has 1 unspecified atom stereocenters. The number of methoxy groups -OCH3 is 1.